The molecule has 428 valence electrons. The first-order valence-corrected chi connectivity index (χ1v) is 25.4. The molecule has 81 heavy (non-hydrogen) atoms. The van der Waals surface area contributed by atoms with Crippen LogP contribution in [0.1, 0.15) is 72.6 Å². The molecule has 4 aromatic carbocycles. The molecule has 27 nitrogen and oxygen atoms in total. The highest BCUT2D eigenvalue weighted by molar-refractivity contribution is 6.03. The molecule has 0 saturated heterocycles. The number of amides is 7. The molecule has 2 aliphatic rings. The zero-order valence-electron chi connectivity index (χ0n) is 43.6. The Balaban J connectivity index is 1.25. The van der Waals surface area contributed by atoms with E-state index < -0.39 is 141 Å². The van der Waals surface area contributed by atoms with Gasteiger partial charge < -0.3 is 69.4 Å². The van der Waals surface area contributed by atoms with Crippen LogP contribution < -0.4 is 44.6 Å². The number of hydrogen-bond acceptors (Lipinski definition) is 15. The Labute approximate surface area is 462 Å². The quantitative estimate of drug-likeness (QED) is 0.0219. The normalized spacial score (nSPS) is 13.4. The van der Waals surface area contributed by atoms with Crippen LogP contribution in [0.2, 0.25) is 0 Å². The van der Waals surface area contributed by atoms with Crippen LogP contribution in [0.3, 0.4) is 0 Å². The molecule has 0 aliphatic heterocycles. The predicted octanol–water partition coefficient (Wildman–Crippen LogP) is 0.465. The van der Waals surface area contributed by atoms with Crippen LogP contribution in [0, 0.1) is 0 Å². The van der Waals surface area contributed by atoms with Crippen molar-refractivity contribution < 1.29 is 72.7 Å². The number of hydrogen-bond donors (Lipinski definition) is 11. The van der Waals surface area contributed by atoms with E-state index in [0.717, 1.165) is 44.5 Å². The van der Waals surface area contributed by atoms with Gasteiger partial charge >= 0.3 is 30.1 Å². The summed E-state index contributed by atoms with van der Waals surface area (Å²) < 4.78 is 11.3. The number of rotatable bonds is 27. The van der Waals surface area contributed by atoms with Gasteiger partial charge in [0, 0.05) is 24.9 Å². The summed E-state index contributed by atoms with van der Waals surface area (Å²) in [6, 6.07) is 21.2. The van der Waals surface area contributed by atoms with Gasteiger partial charge in [-0.2, -0.15) is 0 Å². The summed E-state index contributed by atoms with van der Waals surface area (Å²) in [4.78, 5) is 143. The SMILES string of the molecule is NC(N)=NCCC[C@H](NC(=O)[C@H](CC(=O)O)N(C(=O)CNC(=O)[C@@H](N)CCCN=C(N)N)C(=O)OCC1c2ccccc2-c2ccccc21)C(=O)NCC(=O)N(C(=O)OCC1c2ccccc2-c2ccccc21)[C@@H](CC(=O)O)C(=O)O. The van der Waals surface area contributed by atoms with Crippen LogP contribution in [0.5, 0.6) is 0 Å². The van der Waals surface area contributed by atoms with Crippen molar-refractivity contribution in [3.63, 3.8) is 0 Å². The van der Waals surface area contributed by atoms with Gasteiger partial charge in [0.2, 0.25) is 17.7 Å². The van der Waals surface area contributed by atoms with E-state index in [-0.39, 0.29) is 54.1 Å². The van der Waals surface area contributed by atoms with E-state index in [1.165, 1.54) is 0 Å². The van der Waals surface area contributed by atoms with Crippen LogP contribution in [0.15, 0.2) is 107 Å². The zero-order chi connectivity index (χ0) is 58.9. The first-order valence-electron chi connectivity index (χ1n) is 25.4. The maximum Gasteiger partial charge on any atom is 0.417 e. The average molecular weight is 1120 g/mol. The molecule has 0 aromatic heterocycles. The van der Waals surface area contributed by atoms with Crippen molar-refractivity contribution in [3.8, 4) is 22.3 Å². The fourth-order valence-corrected chi connectivity index (χ4v) is 9.49. The molecule has 0 heterocycles. The van der Waals surface area contributed by atoms with E-state index in [1.54, 1.807) is 48.5 Å². The van der Waals surface area contributed by atoms with Crippen LogP contribution in [0.25, 0.3) is 22.3 Å². The Bertz CT molecular complexity index is 3020. The van der Waals surface area contributed by atoms with Crippen molar-refractivity contribution in [2.45, 2.75) is 74.5 Å². The molecule has 2 aliphatic carbocycles. The van der Waals surface area contributed by atoms with Crippen molar-refractivity contribution in [1.29, 1.82) is 0 Å². The third kappa shape index (κ3) is 15.6. The molecule has 6 rings (SSSR count). The number of nitrogens with one attached hydrogen (secondary N) is 3. The molecule has 0 spiro atoms. The van der Waals surface area contributed by atoms with Gasteiger partial charge in [0.15, 0.2) is 18.0 Å². The van der Waals surface area contributed by atoms with Crippen molar-refractivity contribution >= 4 is 71.5 Å². The van der Waals surface area contributed by atoms with Gasteiger partial charge in [-0.3, -0.25) is 43.5 Å². The fraction of sp³-hybridized carbons (Fsp3) is 0.333. The Kier molecular flexibility index (Phi) is 20.9. The van der Waals surface area contributed by atoms with E-state index in [9.17, 15) is 63.3 Å². The lowest BCUT2D eigenvalue weighted by Gasteiger charge is -2.30. The lowest BCUT2D eigenvalue weighted by molar-refractivity contribution is -0.153. The molecular formula is C54H62N12O15. The number of carbonyl (C=O) groups is 10. The van der Waals surface area contributed by atoms with Crippen LogP contribution in [0.4, 0.5) is 9.59 Å². The number of benzene rings is 4. The number of guanidine groups is 2. The van der Waals surface area contributed by atoms with E-state index in [0.29, 0.717) is 0 Å². The summed E-state index contributed by atoms with van der Waals surface area (Å²) in [5.74, 6) is -13.5. The highest BCUT2D eigenvalue weighted by Gasteiger charge is 2.42. The number of aliphatic imine (C=N–C) groups is 2. The van der Waals surface area contributed by atoms with Gasteiger partial charge in [-0.25, -0.2) is 24.2 Å². The highest BCUT2D eigenvalue weighted by atomic mass is 16.6. The zero-order valence-corrected chi connectivity index (χ0v) is 43.6. The van der Waals surface area contributed by atoms with Gasteiger partial charge in [-0.1, -0.05) is 97.1 Å². The number of carboxylic acids is 3. The molecule has 0 radical (unpaired) electrons. The van der Waals surface area contributed by atoms with Crippen molar-refractivity contribution in [1.82, 2.24) is 25.8 Å². The third-order valence-electron chi connectivity index (χ3n) is 13.3. The molecule has 0 saturated carbocycles. The smallest absolute Gasteiger partial charge is 0.417 e. The third-order valence-corrected chi connectivity index (χ3v) is 13.3. The monoisotopic (exact) mass is 1120 g/mol. The number of nitrogens with zero attached hydrogens (tertiary/aromatic N) is 4. The highest BCUT2D eigenvalue weighted by Crippen LogP contribution is 2.46. The number of aliphatic carboxylic acids is 3. The Morgan fingerprint density at radius 2 is 0.889 bits per heavy atom. The van der Waals surface area contributed by atoms with E-state index in [1.807, 2.05) is 48.5 Å². The largest absolute Gasteiger partial charge is 0.481 e. The average Bonchev–Trinajstić information content (AvgIpc) is 3.72. The van der Waals surface area contributed by atoms with Crippen LogP contribution in [-0.4, -0.2) is 160 Å². The number of imide groups is 2. The molecule has 4 aromatic rings. The molecule has 7 amide bonds. The van der Waals surface area contributed by atoms with Gasteiger partial charge in [-0.15, -0.1) is 0 Å². The van der Waals surface area contributed by atoms with E-state index >= 15 is 0 Å². The van der Waals surface area contributed by atoms with Crippen LogP contribution >= 0.6 is 0 Å². The van der Waals surface area contributed by atoms with Gasteiger partial charge in [-0.05, 0) is 70.2 Å². The predicted molar refractivity (Wildman–Crippen MR) is 289 cm³/mol. The minimum atomic E-state index is -2.35. The maximum atomic E-state index is 14.5. The summed E-state index contributed by atoms with van der Waals surface area (Å²) in [6.07, 6.45) is -5.90. The van der Waals surface area contributed by atoms with Gasteiger partial charge in [0.05, 0.1) is 32.0 Å². The first-order chi connectivity index (χ1) is 38.7. The second kappa shape index (κ2) is 28.1. The number of nitrogens with two attached hydrogens (primary N) is 5. The van der Waals surface area contributed by atoms with E-state index in [2.05, 4.69) is 25.9 Å². The standard InChI is InChI=1S/C54H62N12O15/c55-39(19-9-21-60-51(56)57)47(73)62-25-43(67)65(53(78)80-27-37-33-15-5-1-11-29(33)30-12-2-6-16-34(30)37)41(23-45(69)70)49(75)64-40(20-10-22-61-52(58)59)48(74)63-26-44(68)66(42(50(76)77)24-46(71)72)54(79)81-28-38-35-17-7-3-13-31(35)32-14-4-8-18-36(32)38/h1-8,11-18,37-42H,9-10,19-28,55H2,(H,62,73)(H,63,74)(H,64,75)(H,69,70)(H,71,72)(H,76,77)(H4,56,57,60)(H4,58,59,61)/t39-,40-,41-,42-/m0/s1. The van der Waals surface area contributed by atoms with Gasteiger partial charge in [0.1, 0.15) is 25.3 Å². The second-order valence-electron chi connectivity index (χ2n) is 18.7. The first kappa shape index (κ1) is 60.3. The van der Waals surface area contributed by atoms with Crippen molar-refractivity contribution in [3.05, 3.63) is 119 Å². The minimum absolute atomic E-state index is 0.0328. The minimum Gasteiger partial charge on any atom is -0.481 e. The Morgan fingerprint density at radius 3 is 1.28 bits per heavy atom. The van der Waals surface area contributed by atoms with Crippen molar-refractivity contribution in [2.75, 3.05) is 39.4 Å². The maximum absolute atomic E-state index is 14.5. The molecule has 0 unspecified atom stereocenters. The fourth-order valence-electron chi connectivity index (χ4n) is 9.49. The number of fused-ring (bicyclic) bond motifs is 6. The molecular weight excluding hydrogens is 1060 g/mol. The lowest BCUT2D eigenvalue weighted by Crippen LogP contribution is -2.59. The van der Waals surface area contributed by atoms with Crippen molar-refractivity contribution in [2.24, 2.45) is 38.7 Å². The summed E-state index contributed by atoms with van der Waals surface area (Å²) in [5.41, 5.74) is 34.0. The Hall–Kier alpha value is -9.92. The van der Waals surface area contributed by atoms with Gasteiger partial charge in [0.25, 0.3) is 11.8 Å². The van der Waals surface area contributed by atoms with E-state index in [4.69, 9.17) is 38.1 Å². The molecule has 4 atom stereocenters. The topological polar surface area (TPSA) is 447 Å². The molecule has 16 N–H and O–H groups in total. The number of ether oxygens (including phenoxy) is 2. The lowest BCUT2D eigenvalue weighted by atomic mass is 9.98. The number of carboxylic acid groups (broad SMARTS) is 3. The second-order valence-corrected chi connectivity index (χ2v) is 18.7. The molecule has 0 fully saturated rings. The van der Waals surface area contributed by atoms with Crippen LogP contribution in [-0.2, 0) is 47.8 Å². The molecule has 27 heteroatoms. The summed E-state index contributed by atoms with van der Waals surface area (Å²) in [5, 5.41) is 36.7. The summed E-state index contributed by atoms with van der Waals surface area (Å²) in [6.45, 7) is -3.15. The summed E-state index contributed by atoms with van der Waals surface area (Å²) >= 11 is 0. The Morgan fingerprint density at radius 1 is 0.519 bits per heavy atom. The molecule has 0 bridgehead atoms. The summed E-state index contributed by atoms with van der Waals surface area (Å²) in [7, 11) is 0. The number of carbonyl (C=O) groups excluding carboxylic acids is 7.